The summed E-state index contributed by atoms with van der Waals surface area (Å²) < 4.78 is 53.9. The van der Waals surface area contributed by atoms with E-state index in [-0.39, 0.29) is 67.6 Å². The van der Waals surface area contributed by atoms with Crippen molar-refractivity contribution in [3.63, 3.8) is 0 Å². The minimum atomic E-state index is -4.64. The summed E-state index contributed by atoms with van der Waals surface area (Å²) in [4.78, 5) is 81.5. The van der Waals surface area contributed by atoms with Gasteiger partial charge in [0.2, 0.25) is 12.0 Å². The molecule has 0 saturated carbocycles. The summed E-state index contributed by atoms with van der Waals surface area (Å²) in [6.45, 7) is 7.74. The largest absolute Gasteiger partial charge is 0.502 e. The molecule has 0 fully saturated rings. The van der Waals surface area contributed by atoms with Crippen LogP contribution in [0.25, 0.3) is 20.4 Å². The van der Waals surface area contributed by atoms with Gasteiger partial charge in [0.15, 0.2) is 11.5 Å². The molecule has 6 aromatic heterocycles. The van der Waals surface area contributed by atoms with Crippen LogP contribution in [-0.2, 0) is 50.0 Å². The first-order valence-corrected chi connectivity index (χ1v) is 20.4. The molecule has 0 aliphatic heterocycles. The Morgan fingerprint density at radius 1 is 0.806 bits per heavy atom. The number of aromatic nitrogens is 6. The van der Waals surface area contributed by atoms with Gasteiger partial charge < -0.3 is 24.4 Å². The maximum Gasteiger partial charge on any atom is 0.446 e. The lowest BCUT2D eigenvalue weighted by Crippen LogP contribution is -2.26. The zero-order valence-electron chi connectivity index (χ0n) is 33.7. The van der Waals surface area contributed by atoms with Gasteiger partial charge in [0.05, 0.1) is 72.3 Å². The first kappa shape index (κ1) is 48.1. The second-order valence-electron chi connectivity index (χ2n) is 13.0. The number of aldehydes is 1. The Bertz CT molecular complexity index is 2670. The molecule has 0 aromatic carbocycles. The fraction of sp³-hybridized carbons (Fsp3) is 0.359. The molecule has 6 heterocycles. The summed E-state index contributed by atoms with van der Waals surface area (Å²) in [5.41, 5.74) is 1.40. The molecule has 0 bridgehead atoms. The first-order chi connectivity index (χ1) is 29.4. The summed E-state index contributed by atoms with van der Waals surface area (Å²) in [6.07, 6.45) is 2.29. The van der Waals surface area contributed by atoms with E-state index in [0.29, 0.717) is 32.6 Å². The average Bonchev–Trinajstić information content (AvgIpc) is 4.04. The summed E-state index contributed by atoms with van der Waals surface area (Å²) in [7, 11) is 0. The Morgan fingerprint density at radius 2 is 1.29 bits per heavy atom. The smallest absolute Gasteiger partial charge is 0.446 e. The number of aromatic hydroxyl groups is 1. The van der Waals surface area contributed by atoms with E-state index >= 15 is 0 Å². The number of hydrogen-bond acceptors (Lipinski definition) is 15. The summed E-state index contributed by atoms with van der Waals surface area (Å²) in [5.74, 6) is -3.00. The third-order valence-electron chi connectivity index (χ3n) is 8.25. The van der Waals surface area contributed by atoms with Gasteiger partial charge in [-0.05, 0) is 50.1 Å². The highest BCUT2D eigenvalue weighted by Gasteiger charge is 2.27. The maximum atomic E-state index is 13.3. The second-order valence-corrected chi connectivity index (χ2v) is 14.8. The Balaban J connectivity index is 0.000000243. The number of halogens is 3. The highest BCUT2D eigenvalue weighted by molar-refractivity contribution is 7.17. The molecule has 6 aromatic rings. The van der Waals surface area contributed by atoms with E-state index in [1.807, 2.05) is 12.3 Å². The van der Waals surface area contributed by atoms with Gasteiger partial charge in [-0.1, -0.05) is 13.3 Å². The van der Waals surface area contributed by atoms with Crippen LogP contribution in [0.5, 0.6) is 11.5 Å². The minimum absolute atomic E-state index is 0.00700. The van der Waals surface area contributed by atoms with Gasteiger partial charge in [0, 0.05) is 23.5 Å². The number of unbranched alkanes of at least 4 members (excludes halogenated alkanes) is 1. The molecule has 0 amide bonds. The third kappa shape index (κ3) is 12.2. The monoisotopic (exact) mass is 906 g/mol. The Morgan fingerprint density at radius 3 is 1.76 bits per heavy atom. The molecule has 0 saturated heterocycles. The molecule has 18 nitrogen and oxygen atoms in total. The lowest BCUT2D eigenvalue weighted by Gasteiger charge is -2.15. The second kappa shape index (κ2) is 21.8. The van der Waals surface area contributed by atoms with Crippen LogP contribution >= 0.6 is 22.7 Å². The van der Waals surface area contributed by atoms with E-state index in [4.69, 9.17) is 24.1 Å². The van der Waals surface area contributed by atoms with Crippen LogP contribution in [0.4, 0.5) is 13.2 Å². The molecule has 23 heteroatoms. The molecule has 332 valence electrons. The van der Waals surface area contributed by atoms with Crippen LogP contribution in [0.15, 0.2) is 57.3 Å². The lowest BCUT2D eigenvalue weighted by atomic mass is 10.2. The predicted octanol–water partition coefficient (Wildman–Crippen LogP) is 5.27. The number of carbonyl (C=O) groups is 5. The van der Waals surface area contributed by atoms with Gasteiger partial charge in [0.1, 0.15) is 17.7 Å². The molecule has 2 N–H and O–H groups in total. The van der Waals surface area contributed by atoms with E-state index < -0.39 is 41.7 Å². The van der Waals surface area contributed by atoms with Gasteiger partial charge in [-0.15, -0.1) is 22.7 Å². The molecular weight excluding hydrogens is 866 g/mol. The number of alkyl halides is 3. The third-order valence-corrected chi connectivity index (χ3v) is 10.1. The number of pyridine rings is 2. The fourth-order valence-electron chi connectivity index (χ4n) is 5.73. The van der Waals surface area contributed by atoms with E-state index in [0.717, 1.165) is 18.4 Å². The standard InChI is InChI=1S/C21H25N3O5S.C16H15N3O6S.C2HF3O/c1-4-6-8-29-18-17(21(27)28-5-2)19-16(7-9-30-19)24(20(18)26)13-15-10-22-23(12-15)11-14(3)25;1-2-25-16(24)12-13(22)15(23)19(10-3-4-26-14(10)12)7-9-5-17-18(6-9)8-11(20)21;3-2(4,5)1-6/h7,9-10,12H,4-6,8,11,13H2,1-3H3;3-6,22H,2,7-8H2,1H3,(H,20,21);1H. The number of esters is 2. The van der Waals surface area contributed by atoms with Gasteiger partial charge in [-0.3, -0.25) is 42.5 Å². The molecule has 0 aliphatic rings. The molecular formula is C39H41F3N6O12S2. The maximum absolute atomic E-state index is 13.3. The number of ether oxygens (including phenoxy) is 3. The van der Waals surface area contributed by atoms with Gasteiger partial charge in [-0.25, -0.2) is 9.59 Å². The number of rotatable bonds is 16. The van der Waals surface area contributed by atoms with Crippen molar-refractivity contribution >= 4 is 73.1 Å². The van der Waals surface area contributed by atoms with Crippen LogP contribution in [0.1, 0.15) is 72.4 Å². The number of Topliss-reactive ketones (excluding diaryl/α,β-unsaturated/α-hetero) is 1. The van der Waals surface area contributed by atoms with Gasteiger partial charge in [0.25, 0.3) is 11.1 Å². The molecule has 0 spiro atoms. The summed E-state index contributed by atoms with van der Waals surface area (Å²) >= 11 is 2.57. The van der Waals surface area contributed by atoms with Crippen molar-refractivity contribution in [2.75, 3.05) is 19.8 Å². The van der Waals surface area contributed by atoms with Gasteiger partial charge in [-0.2, -0.15) is 23.4 Å². The molecule has 6 rings (SSSR count). The topological polar surface area (TPSA) is 233 Å². The predicted molar refractivity (Wildman–Crippen MR) is 219 cm³/mol. The Kier molecular flexibility index (Phi) is 16.9. The Hall–Kier alpha value is -6.62. The van der Waals surface area contributed by atoms with E-state index in [2.05, 4.69) is 10.2 Å². The number of fused-ring (bicyclic) bond motifs is 2. The molecule has 0 unspecified atom stereocenters. The number of carbonyl (C=O) groups excluding carboxylic acids is 4. The van der Waals surface area contributed by atoms with E-state index in [9.17, 15) is 47.0 Å². The molecule has 0 radical (unpaired) electrons. The van der Waals surface area contributed by atoms with Crippen molar-refractivity contribution in [2.24, 2.45) is 0 Å². The number of nitrogens with zero attached hydrogens (tertiary/aromatic N) is 6. The van der Waals surface area contributed by atoms with Crippen molar-refractivity contribution in [2.45, 2.75) is 72.9 Å². The van der Waals surface area contributed by atoms with Crippen LogP contribution in [0, 0.1) is 0 Å². The number of thiophene rings is 2. The first-order valence-electron chi connectivity index (χ1n) is 18.6. The SMILES string of the molecule is CCCCOc1c(C(=O)OCC)c2sccc2n(Cc2cnn(CC(C)=O)c2)c1=O.CCOC(=O)c1c(O)c(=O)n(Cc2cnn(CC(=O)O)c2)c2ccsc12.O=CC(F)(F)F. The van der Waals surface area contributed by atoms with Crippen molar-refractivity contribution in [3.8, 4) is 11.5 Å². The molecule has 62 heavy (non-hydrogen) atoms. The van der Waals surface area contributed by atoms with Gasteiger partial charge >= 0.3 is 24.1 Å². The van der Waals surface area contributed by atoms with Crippen molar-refractivity contribution in [1.29, 1.82) is 0 Å². The van der Waals surface area contributed by atoms with E-state index in [1.165, 1.54) is 51.2 Å². The van der Waals surface area contributed by atoms with Crippen LogP contribution in [0.3, 0.4) is 0 Å². The highest BCUT2D eigenvalue weighted by Crippen LogP contribution is 2.32. The van der Waals surface area contributed by atoms with Crippen LogP contribution in [0.2, 0.25) is 0 Å². The van der Waals surface area contributed by atoms with Crippen LogP contribution in [-0.4, -0.2) is 94.9 Å². The van der Waals surface area contributed by atoms with Crippen LogP contribution < -0.4 is 15.9 Å². The quantitative estimate of drug-likeness (QED) is 0.0716. The number of carboxylic acids is 1. The highest BCUT2D eigenvalue weighted by atomic mass is 32.1. The summed E-state index contributed by atoms with van der Waals surface area (Å²) in [5, 5.41) is 30.7. The van der Waals surface area contributed by atoms with Crippen molar-refractivity contribution in [1.82, 2.24) is 28.7 Å². The fourth-order valence-corrected chi connectivity index (χ4v) is 7.58. The zero-order chi connectivity index (χ0) is 45.7. The number of aliphatic carboxylic acids is 1. The normalized spacial score (nSPS) is 11.0. The summed E-state index contributed by atoms with van der Waals surface area (Å²) in [6, 6.07) is 3.48. The molecule has 0 atom stereocenters. The lowest BCUT2D eigenvalue weighted by molar-refractivity contribution is -0.156. The number of carboxylic acid groups (broad SMARTS) is 1. The number of ketones is 1. The van der Waals surface area contributed by atoms with Crippen molar-refractivity contribution < 1.29 is 61.6 Å². The average molecular weight is 907 g/mol. The minimum Gasteiger partial charge on any atom is -0.502 e. The Labute approximate surface area is 357 Å². The van der Waals surface area contributed by atoms with Crippen molar-refractivity contribution in [3.05, 3.63) is 90.6 Å². The zero-order valence-corrected chi connectivity index (χ0v) is 35.3. The number of hydrogen-bond donors (Lipinski definition) is 2. The molecule has 0 aliphatic carbocycles. The van der Waals surface area contributed by atoms with E-state index in [1.54, 1.807) is 53.0 Å².